The Labute approximate surface area is 187 Å². The highest BCUT2D eigenvalue weighted by atomic mass is 19.4. The van der Waals surface area contributed by atoms with Gasteiger partial charge in [-0.2, -0.15) is 30.9 Å². The van der Waals surface area contributed by atoms with Gasteiger partial charge in [-0.25, -0.2) is 4.79 Å². The second-order valence-corrected chi connectivity index (χ2v) is 7.06. The smallest absolute Gasteiger partial charge is 0.481 e. The lowest BCUT2D eigenvalue weighted by molar-refractivity contribution is -0.192. The highest BCUT2D eigenvalue weighted by molar-refractivity contribution is 5.81. The fourth-order valence-electron chi connectivity index (χ4n) is 2.59. The van der Waals surface area contributed by atoms with E-state index in [1.165, 1.54) is 12.1 Å². The van der Waals surface area contributed by atoms with E-state index in [2.05, 4.69) is 20.6 Å². The molecule has 184 valence electrons. The molecule has 1 atom stereocenters. The van der Waals surface area contributed by atoms with Crippen LogP contribution in [0.5, 0.6) is 0 Å². The lowest BCUT2D eigenvalue weighted by atomic mass is 9.82. The molecule has 0 radical (unpaired) electrons. The van der Waals surface area contributed by atoms with Gasteiger partial charge in [-0.1, -0.05) is 30.3 Å². The van der Waals surface area contributed by atoms with Crippen LogP contribution in [-0.2, 0) is 21.4 Å². The highest BCUT2D eigenvalue weighted by Gasteiger charge is 2.38. The lowest BCUT2D eigenvalue weighted by Gasteiger charge is -2.26. The lowest BCUT2D eigenvalue weighted by Crippen LogP contribution is -2.39. The Morgan fingerprint density at radius 3 is 2.03 bits per heavy atom. The third-order valence-electron chi connectivity index (χ3n) is 4.43. The summed E-state index contributed by atoms with van der Waals surface area (Å²) < 4.78 is 70.6. The number of nitrogens with zero attached hydrogens (tertiary/aromatic N) is 4. The van der Waals surface area contributed by atoms with Crippen molar-refractivity contribution in [3.8, 4) is 0 Å². The Morgan fingerprint density at radius 1 is 0.941 bits per heavy atom. The second kappa shape index (κ2) is 9.93. The SMILES string of the molecule is CC(CNc1ccc2nnc(CC(F)(F)F)n2n1)(C(=O)O)c1ccccc1.O=C(O)C(F)(F)F. The first-order valence-electron chi connectivity index (χ1n) is 9.24. The van der Waals surface area contributed by atoms with Gasteiger partial charge in [-0.3, -0.25) is 4.79 Å². The molecule has 2 heterocycles. The van der Waals surface area contributed by atoms with Crippen LogP contribution < -0.4 is 5.32 Å². The van der Waals surface area contributed by atoms with Crippen molar-refractivity contribution in [2.75, 3.05) is 11.9 Å². The van der Waals surface area contributed by atoms with Crippen molar-refractivity contribution >= 4 is 23.4 Å². The highest BCUT2D eigenvalue weighted by Crippen LogP contribution is 2.25. The van der Waals surface area contributed by atoms with Crippen molar-refractivity contribution in [2.45, 2.75) is 31.1 Å². The van der Waals surface area contributed by atoms with Crippen LogP contribution in [0.25, 0.3) is 5.65 Å². The number of carboxylic acid groups (broad SMARTS) is 2. The quantitative estimate of drug-likeness (QED) is 0.446. The van der Waals surface area contributed by atoms with E-state index in [-0.39, 0.29) is 23.8 Å². The van der Waals surface area contributed by atoms with E-state index in [4.69, 9.17) is 9.90 Å². The summed E-state index contributed by atoms with van der Waals surface area (Å²) in [5, 5.41) is 30.9. The largest absolute Gasteiger partial charge is 0.490 e. The van der Waals surface area contributed by atoms with Crippen molar-refractivity contribution < 1.29 is 46.1 Å². The monoisotopic (exact) mass is 493 g/mol. The number of hydrogen-bond acceptors (Lipinski definition) is 6. The number of carboxylic acids is 2. The third kappa shape index (κ3) is 6.79. The molecule has 0 fully saturated rings. The molecule has 9 nitrogen and oxygen atoms in total. The molecule has 3 aromatic rings. The van der Waals surface area contributed by atoms with E-state index >= 15 is 0 Å². The number of fused-ring (bicyclic) bond motifs is 1. The van der Waals surface area contributed by atoms with Gasteiger partial charge in [0, 0.05) is 6.54 Å². The van der Waals surface area contributed by atoms with Gasteiger partial charge in [0.15, 0.2) is 11.5 Å². The van der Waals surface area contributed by atoms with Gasteiger partial charge in [0.05, 0.1) is 0 Å². The van der Waals surface area contributed by atoms with Crippen molar-refractivity contribution in [2.24, 2.45) is 0 Å². The Hall–Kier alpha value is -3.91. The molecular formula is C19H17F6N5O4. The second-order valence-electron chi connectivity index (χ2n) is 7.06. The van der Waals surface area contributed by atoms with Crippen molar-refractivity contribution in [1.29, 1.82) is 0 Å². The molecule has 1 aromatic carbocycles. The summed E-state index contributed by atoms with van der Waals surface area (Å²) in [7, 11) is 0. The van der Waals surface area contributed by atoms with Crippen LogP contribution in [0.4, 0.5) is 32.2 Å². The zero-order valence-electron chi connectivity index (χ0n) is 17.2. The normalized spacial score (nSPS) is 13.5. The van der Waals surface area contributed by atoms with Gasteiger partial charge in [0.1, 0.15) is 17.7 Å². The zero-order valence-corrected chi connectivity index (χ0v) is 17.2. The summed E-state index contributed by atoms with van der Waals surface area (Å²) in [6, 6.07) is 11.6. The van der Waals surface area contributed by atoms with E-state index in [9.17, 15) is 36.2 Å². The first-order valence-corrected chi connectivity index (χ1v) is 9.24. The topological polar surface area (TPSA) is 130 Å². The molecule has 0 spiro atoms. The van der Waals surface area contributed by atoms with Gasteiger partial charge < -0.3 is 15.5 Å². The molecule has 2 aromatic heterocycles. The average Bonchev–Trinajstić information content (AvgIpc) is 3.12. The first kappa shape index (κ1) is 26.3. The molecule has 1 unspecified atom stereocenters. The maximum atomic E-state index is 12.6. The minimum atomic E-state index is -5.08. The number of anilines is 1. The number of aliphatic carboxylic acids is 2. The van der Waals surface area contributed by atoms with E-state index in [1.807, 2.05) is 0 Å². The van der Waals surface area contributed by atoms with Crippen LogP contribution in [0.1, 0.15) is 18.3 Å². The molecule has 3 rings (SSSR count). The molecule has 0 saturated heterocycles. The minimum absolute atomic E-state index is 0.0123. The predicted octanol–water partition coefficient (Wildman–Crippen LogP) is 3.32. The Morgan fingerprint density at radius 2 is 1.53 bits per heavy atom. The molecule has 0 amide bonds. The number of benzene rings is 1. The molecule has 34 heavy (non-hydrogen) atoms. The van der Waals surface area contributed by atoms with E-state index in [1.54, 1.807) is 37.3 Å². The standard InChI is InChI=1S/C17H16F3N5O2.C2HF3O2/c1-16(15(26)27,11-5-3-2-4-6-11)10-21-12-7-8-13-22-23-14(25(13)24-12)9-17(18,19)20;3-2(4,5)1(6)7/h2-8H,9-10H2,1H3,(H,21,24)(H,26,27);(H,6,7). The number of rotatable bonds is 6. The Kier molecular flexibility index (Phi) is 7.69. The third-order valence-corrected chi connectivity index (χ3v) is 4.43. The molecule has 3 N–H and O–H groups in total. The molecule has 0 saturated carbocycles. The number of nitrogens with one attached hydrogen (secondary N) is 1. The molecule has 0 aliphatic rings. The maximum absolute atomic E-state index is 12.6. The maximum Gasteiger partial charge on any atom is 0.490 e. The fourth-order valence-corrected chi connectivity index (χ4v) is 2.59. The van der Waals surface area contributed by atoms with Gasteiger partial charge in [0.25, 0.3) is 0 Å². The van der Waals surface area contributed by atoms with Crippen molar-refractivity contribution in [3.63, 3.8) is 0 Å². The molecule has 15 heteroatoms. The number of carbonyl (C=O) groups is 2. The van der Waals surface area contributed by atoms with E-state index in [0.29, 0.717) is 5.56 Å². The molecule has 0 aliphatic heterocycles. The van der Waals surface area contributed by atoms with Crippen LogP contribution in [-0.4, -0.2) is 60.9 Å². The summed E-state index contributed by atoms with van der Waals surface area (Å²) in [5.74, 6) is -3.92. The van der Waals surface area contributed by atoms with Gasteiger partial charge in [0.2, 0.25) is 0 Å². The van der Waals surface area contributed by atoms with Crippen LogP contribution in [0.3, 0.4) is 0 Å². The predicted molar refractivity (Wildman–Crippen MR) is 104 cm³/mol. The number of hydrogen-bond donors (Lipinski definition) is 3. The van der Waals surface area contributed by atoms with Crippen LogP contribution in [0.15, 0.2) is 42.5 Å². The number of alkyl halides is 6. The summed E-state index contributed by atoms with van der Waals surface area (Å²) in [6.07, 6.45) is -10.8. The van der Waals surface area contributed by atoms with Crippen molar-refractivity contribution in [1.82, 2.24) is 19.8 Å². The average molecular weight is 493 g/mol. The van der Waals surface area contributed by atoms with Gasteiger partial charge >= 0.3 is 24.3 Å². The number of aromatic nitrogens is 4. The van der Waals surface area contributed by atoms with Crippen molar-refractivity contribution in [3.05, 3.63) is 53.9 Å². The first-order chi connectivity index (χ1) is 15.6. The molecular weight excluding hydrogens is 476 g/mol. The fraction of sp³-hybridized carbons (Fsp3) is 0.316. The number of halogens is 6. The van der Waals surface area contributed by atoms with E-state index < -0.39 is 36.1 Å². The van der Waals surface area contributed by atoms with Crippen LogP contribution in [0.2, 0.25) is 0 Å². The summed E-state index contributed by atoms with van der Waals surface area (Å²) in [5.41, 5.74) is -0.489. The summed E-state index contributed by atoms with van der Waals surface area (Å²) in [4.78, 5) is 20.7. The molecule has 0 bridgehead atoms. The van der Waals surface area contributed by atoms with Crippen LogP contribution >= 0.6 is 0 Å². The van der Waals surface area contributed by atoms with Gasteiger partial charge in [-0.15, -0.1) is 15.3 Å². The van der Waals surface area contributed by atoms with Crippen LogP contribution in [0, 0.1) is 0 Å². The Bertz CT molecular complexity index is 1150. The molecule has 0 aliphatic carbocycles. The summed E-state index contributed by atoms with van der Waals surface area (Å²) in [6.45, 7) is 1.55. The minimum Gasteiger partial charge on any atom is -0.481 e. The Balaban J connectivity index is 0.000000509. The summed E-state index contributed by atoms with van der Waals surface area (Å²) >= 11 is 0. The zero-order chi connectivity index (χ0) is 25.7. The van der Waals surface area contributed by atoms with E-state index in [0.717, 1.165) is 4.52 Å². The van der Waals surface area contributed by atoms with Gasteiger partial charge in [-0.05, 0) is 24.6 Å².